The van der Waals surface area contributed by atoms with Crippen LogP contribution in [-0.2, 0) is 0 Å². The number of nitrogens with zero attached hydrogens (tertiary/aromatic N) is 3. The van der Waals surface area contributed by atoms with E-state index in [-0.39, 0.29) is 6.04 Å². The summed E-state index contributed by atoms with van der Waals surface area (Å²) in [7, 11) is 3.72. The Hall–Kier alpha value is -2.01. The number of aromatic nitrogens is 2. The maximum atomic E-state index is 6.02. The molecule has 2 rings (SSSR count). The van der Waals surface area contributed by atoms with Gasteiger partial charge in [-0.2, -0.15) is 0 Å². The van der Waals surface area contributed by atoms with Gasteiger partial charge in [0.1, 0.15) is 5.75 Å². The molecule has 0 aliphatic heterocycles. The van der Waals surface area contributed by atoms with Crippen molar-refractivity contribution in [3.8, 4) is 5.75 Å². The summed E-state index contributed by atoms with van der Waals surface area (Å²) in [4.78, 5) is 6.45. The van der Waals surface area contributed by atoms with Crippen LogP contribution >= 0.6 is 0 Å². The van der Waals surface area contributed by atoms with Crippen LogP contribution in [0.3, 0.4) is 0 Å². The van der Waals surface area contributed by atoms with E-state index in [1.54, 1.807) is 7.11 Å². The van der Waals surface area contributed by atoms with Crippen LogP contribution in [0, 0.1) is 0 Å². The minimum Gasteiger partial charge on any atom is -0.497 e. The molecule has 1 atom stereocenters. The maximum Gasteiger partial charge on any atom is 0.119 e. The van der Waals surface area contributed by atoms with Crippen molar-refractivity contribution < 1.29 is 4.74 Å². The van der Waals surface area contributed by atoms with Crippen molar-refractivity contribution in [3.05, 3.63) is 42.5 Å². The fourth-order valence-electron chi connectivity index (χ4n) is 2.48. The Kier molecular flexibility index (Phi) is 4.85. The second-order valence-electron chi connectivity index (χ2n) is 5.38. The largest absolute Gasteiger partial charge is 0.497 e. The van der Waals surface area contributed by atoms with E-state index in [4.69, 9.17) is 10.5 Å². The average Bonchev–Trinajstić information content (AvgIpc) is 2.97. The summed E-state index contributed by atoms with van der Waals surface area (Å²) in [5.74, 6) is 0.851. The van der Waals surface area contributed by atoms with Gasteiger partial charge in [-0.1, -0.05) is 0 Å². The number of ether oxygens (including phenoxy) is 1. The number of hydrogen-bond donors (Lipinski definition) is 1. The van der Waals surface area contributed by atoms with Crippen LogP contribution in [0.4, 0.5) is 5.69 Å². The van der Waals surface area contributed by atoms with Gasteiger partial charge >= 0.3 is 0 Å². The zero-order chi connectivity index (χ0) is 15.4. The van der Waals surface area contributed by atoms with Crippen LogP contribution < -0.4 is 15.4 Å². The van der Waals surface area contributed by atoms with Crippen LogP contribution in [0.25, 0.3) is 0 Å². The normalized spacial score (nSPS) is 12.5. The second kappa shape index (κ2) is 6.63. The molecule has 0 aliphatic carbocycles. The van der Waals surface area contributed by atoms with Gasteiger partial charge in [-0.25, -0.2) is 4.98 Å². The fourth-order valence-corrected chi connectivity index (χ4v) is 2.48. The molecule has 1 aromatic heterocycles. The third-order valence-electron chi connectivity index (χ3n) is 3.76. The molecule has 114 valence electrons. The number of hydrogen-bond acceptors (Lipinski definition) is 4. The summed E-state index contributed by atoms with van der Waals surface area (Å²) >= 11 is 0. The SMILES string of the molecule is COc1ccc(N(C)C(CN)c2cncn2C(C)C)cc1. The van der Waals surface area contributed by atoms with Gasteiger partial charge in [-0.3, -0.25) is 0 Å². The van der Waals surface area contributed by atoms with Crippen molar-refractivity contribution in [1.29, 1.82) is 0 Å². The fraction of sp³-hybridized carbons (Fsp3) is 0.438. The van der Waals surface area contributed by atoms with Gasteiger partial charge in [0.15, 0.2) is 0 Å². The van der Waals surface area contributed by atoms with Gasteiger partial charge in [-0.15, -0.1) is 0 Å². The lowest BCUT2D eigenvalue weighted by Crippen LogP contribution is -2.32. The minimum atomic E-state index is 0.0864. The van der Waals surface area contributed by atoms with Crippen LogP contribution in [0.2, 0.25) is 0 Å². The van der Waals surface area contributed by atoms with Gasteiger partial charge in [0.25, 0.3) is 0 Å². The molecule has 0 saturated carbocycles. The predicted octanol–water partition coefficient (Wildman–Crippen LogP) is 2.61. The maximum absolute atomic E-state index is 6.02. The Morgan fingerprint density at radius 1 is 1.29 bits per heavy atom. The van der Waals surface area contributed by atoms with Crippen molar-refractivity contribution in [2.75, 3.05) is 25.6 Å². The van der Waals surface area contributed by atoms with Gasteiger partial charge in [-0.05, 0) is 38.1 Å². The first-order valence-electron chi connectivity index (χ1n) is 7.17. The first-order chi connectivity index (χ1) is 10.1. The number of nitrogens with two attached hydrogens (primary N) is 1. The van der Waals surface area contributed by atoms with Crippen LogP contribution in [0.15, 0.2) is 36.8 Å². The summed E-state index contributed by atoms with van der Waals surface area (Å²) in [5, 5.41) is 0. The quantitative estimate of drug-likeness (QED) is 0.887. The molecule has 2 aromatic rings. The van der Waals surface area contributed by atoms with E-state index in [1.165, 1.54) is 0 Å². The van der Waals surface area contributed by atoms with E-state index >= 15 is 0 Å². The highest BCUT2D eigenvalue weighted by Crippen LogP contribution is 2.27. The van der Waals surface area contributed by atoms with Crippen molar-refractivity contribution in [2.24, 2.45) is 5.73 Å². The molecule has 0 radical (unpaired) electrons. The van der Waals surface area contributed by atoms with Gasteiger partial charge in [0, 0.05) is 25.3 Å². The Bertz CT molecular complexity index is 562. The molecule has 1 heterocycles. The first-order valence-corrected chi connectivity index (χ1v) is 7.17. The second-order valence-corrected chi connectivity index (χ2v) is 5.38. The molecule has 0 bridgehead atoms. The molecule has 0 amide bonds. The summed E-state index contributed by atoms with van der Waals surface area (Å²) in [6.07, 6.45) is 3.77. The van der Waals surface area contributed by atoms with E-state index in [1.807, 2.05) is 36.8 Å². The van der Waals surface area contributed by atoms with Crippen molar-refractivity contribution in [1.82, 2.24) is 9.55 Å². The number of benzene rings is 1. The molecule has 0 aliphatic rings. The Morgan fingerprint density at radius 3 is 2.48 bits per heavy atom. The van der Waals surface area contributed by atoms with Crippen LogP contribution in [0.5, 0.6) is 5.75 Å². The number of rotatable bonds is 6. The van der Waals surface area contributed by atoms with Crippen LogP contribution in [0.1, 0.15) is 31.6 Å². The first kappa shape index (κ1) is 15.4. The monoisotopic (exact) mass is 288 g/mol. The lowest BCUT2D eigenvalue weighted by Gasteiger charge is -2.30. The third kappa shape index (κ3) is 3.19. The average molecular weight is 288 g/mol. The summed E-state index contributed by atoms with van der Waals surface area (Å²) in [6.45, 7) is 4.82. The highest BCUT2D eigenvalue weighted by Gasteiger charge is 2.20. The molecule has 1 unspecified atom stereocenters. The topological polar surface area (TPSA) is 56.3 Å². The molecule has 5 heteroatoms. The molecule has 0 fully saturated rings. The van der Waals surface area contributed by atoms with E-state index in [9.17, 15) is 0 Å². The molecular weight excluding hydrogens is 264 g/mol. The summed E-state index contributed by atoms with van der Waals surface area (Å²) in [6, 6.07) is 8.44. The van der Waals surface area contributed by atoms with Gasteiger partial charge in [0.05, 0.1) is 31.4 Å². The van der Waals surface area contributed by atoms with Gasteiger partial charge in [0.2, 0.25) is 0 Å². The highest BCUT2D eigenvalue weighted by atomic mass is 16.5. The Morgan fingerprint density at radius 2 is 1.95 bits per heavy atom. The highest BCUT2D eigenvalue weighted by molar-refractivity contribution is 5.50. The van der Waals surface area contributed by atoms with Crippen molar-refractivity contribution in [2.45, 2.75) is 25.9 Å². The molecule has 2 N–H and O–H groups in total. The standard InChI is InChI=1S/C16H24N4O/c1-12(2)20-11-18-10-16(20)15(9-17)19(3)13-5-7-14(21-4)8-6-13/h5-8,10-12,15H,9,17H2,1-4H3. The number of methoxy groups -OCH3 is 1. The zero-order valence-electron chi connectivity index (χ0n) is 13.2. The lowest BCUT2D eigenvalue weighted by molar-refractivity contribution is 0.415. The molecule has 21 heavy (non-hydrogen) atoms. The lowest BCUT2D eigenvalue weighted by atomic mass is 10.1. The predicted molar refractivity (Wildman–Crippen MR) is 85.8 cm³/mol. The smallest absolute Gasteiger partial charge is 0.119 e. The van der Waals surface area contributed by atoms with E-state index in [0.29, 0.717) is 12.6 Å². The summed E-state index contributed by atoms with van der Waals surface area (Å²) < 4.78 is 7.37. The van der Waals surface area contributed by atoms with E-state index in [0.717, 1.165) is 17.1 Å². The van der Waals surface area contributed by atoms with Crippen molar-refractivity contribution >= 4 is 5.69 Å². The minimum absolute atomic E-state index is 0.0864. The Labute approximate surface area is 126 Å². The molecule has 1 aromatic carbocycles. The van der Waals surface area contributed by atoms with E-state index < -0.39 is 0 Å². The molecule has 5 nitrogen and oxygen atoms in total. The molecule has 0 saturated heterocycles. The number of imidazole rings is 1. The summed E-state index contributed by atoms with van der Waals surface area (Å²) in [5.41, 5.74) is 8.25. The van der Waals surface area contributed by atoms with Gasteiger partial charge < -0.3 is 19.9 Å². The number of likely N-dealkylation sites (N-methyl/N-ethyl adjacent to an activating group) is 1. The zero-order valence-corrected chi connectivity index (χ0v) is 13.2. The van der Waals surface area contributed by atoms with Crippen molar-refractivity contribution in [3.63, 3.8) is 0 Å². The Balaban J connectivity index is 2.29. The van der Waals surface area contributed by atoms with Crippen LogP contribution in [-0.4, -0.2) is 30.3 Å². The number of anilines is 1. The molecule has 0 spiro atoms. The molecular formula is C16H24N4O. The van der Waals surface area contributed by atoms with E-state index in [2.05, 4.69) is 35.3 Å². The third-order valence-corrected chi connectivity index (χ3v) is 3.76.